The van der Waals surface area contributed by atoms with Gasteiger partial charge in [0.15, 0.2) is 0 Å². The van der Waals surface area contributed by atoms with Crippen molar-refractivity contribution in [3.8, 4) is 28.8 Å². The molecule has 0 spiro atoms. The molecule has 0 aliphatic carbocycles. The summed E-state index contributed by atoms with van der Waals surface area (Å²) in [4.78, 5) is 23.3. The standard InChI is InChI=1S/C22H25N5O4/c1-26-19(11-18(25-26)15-6-4-7-16(10-15)29-2)22(28)27-9-5-8-17(14-27)31-21-13-23-12-20(24-21)30-3/h4,6-7,10-13,17H,5,8-9,14H2,1-3H3. The van der Waals surface area contributed by atoms with E-state index in [4.69, 9.17) is 14.2 Å². The molecule has 1 unspecified atom stereocenters. The fourth-order valence-electron chi connectivity index (χ4n) is 3.63. The third-order valence-corrected chi connectivity index (χ3v) is 5.22. The van der Waals surface area contributed by atoms with E-state index in [1.807, 2.05) is 30.3 Å². The summed E-state index contributed by atoms with van der Waals surface area (Å²) in [5.74, 6) is 1.45. The van der Waals surface area contributed by atoms with Crippen molar-refractivity contribution in [1.82, 2.24) is 24.6 Å². The van der Waals surface area contributed by atoms with Crippen LogP contribution in [0.1, 0.15) is 23.3 Å². The molecule has 162 valence electrons. The Bertz CT molecular complexity index is 1070. The number of ether oxygens (including phenoxy) is 3. The molecule has 3 heterocycles. The van der Waals surface area contributed by atoms with Gasteiger partial charge in [0.25, 0.3) is 5.91 Å². The minimum Gasteiger partial charge on any atom is -0.497 e. The molecule has 9 nitrogen and oxygen atoms in total. The summed E-state index contributed by atoms with van der Waals surface area (Å²) in [5, 5.41) is 4.53. The number of hydrogen-bond donors (Lipinski definition) is 0. The highest BCUT2D eigenvalue weighted by atomic mass is 16.5. The van der Waals surface area contributed by atoms with Crippen LogP contribution in [-0.2, 0) is 7.05 Å². The lowest BCUT2D eigenvalue weighted by Crippen LogP contribution is -2.45. The van der Waals surface area contributed by atoms with E-state index in [-0.39, 0.29) is 12.0 Å². The molecular formula is C22H25N5O4. The smallest absolute Gasteiger partial charge is 0.272 e. The van der Waals surface area contributed by atoms with Crippen molar-refractivity contribution in [1.29, 1.82) is 0 Å². The van der Waals surface area contributed by atoms with E-state index in [9.17, 15) is 4.79 Å². The number of hydrogen-bond acceptors (Lipinski definition) is 7. The van der Waals surface area contributed by atoms with Crippen LogP contribution in [0, 0.1) is 0 Å². The van der Waals surface area contributed by atoms with Crippen molar-refractivity contribution in [2.45, 2.75) is 18.9 Å². The molecule has 1 amide bonds. The minimum atomic E-state index is -0.162. The highest BCUT2D eigenvalue weighted by molar-refractivity contribution is 5.93. The van der Waals surface area contributed by atoms with Gasteiger partial charge in [-0.15, -0.1) is 0 Å². The minimum absolute atomic E-state index is 0.0748. The van der Waals surface area contributed by atoms with E-state index in [1.54, 1.807) is 29.9 Å². The summed E-state index contributed by atoms with van der Waals surface area (Å²) in [5.41, 5.74) is 2.14. The van der Waals surface area contributed by atoms with Gasteiger partial charge in [0, 0.05) is 19.2 Å². The van der Waals surface area contributed by atoms with Gasteiger partial charge >= 0.3 is 0 Å². The summed E-state index contributed by atoms with van der Waals surface area (Å²) in [6, 6.07) is 9.43. The van der Waals surface area contributed by atoms with E-state index in [0.29, 0.717) is 30.5 Å². The molecule has 9 heteroatoms. The average molecular weight is 423 g/mol. The molecule has 0 N–H and O–H groups in total. The molecule has 1 aromatic carbocycles. The molecule has 2 aromatic heterocycles. The lowest BCUT2D eigenvalue weighted by molar-refractivity contribution is 0.0515. The second-order valence-corrected chi connectivity index (χ2v) is 7.30. The lowest BCUT2D eigenvalue weighted by Gasteiger charge is -2.32. The van der Waals surface area contributed by atoms with Gasteiger partial charge in [-0.05, 0) is 31.0 Å². The van der Waals surface area contributed by atoms with Crippen LogP contribution in [0.15, 0.2) is 42.7 Å². The Balaban J connectivity index is 1.48. The van der Waals surface area contributed by atoms with Crippen LogP contribution < -0.4 is 14.2 Å². The van der Waals surface area contributed by atoms with Crippen molar-refractivity contribution in [3.63, 3.8) is 0 Å². The Kier molecular flexibility index (Phi) is 6.01. The first-order chi connectivity index (χ1) is 15.1. The summed E-state index contributed by atoms with van der Waals surface area (Å²) in [6.45, 7) is 1.14. The van der Waals surface area contributed by atoms with Gasteiger partial charge in [-0.3, -0.25) is 14.5 Å². The van der Waals surface area contributed by atoms with Crippen LogP contribution >= 0.6 is 0 Å². The lowest BCUT2D eigenvalue weighted by atomic mass is 10.1. The zero-order chi connectivity index (χ0) is 21.8. The van der Waals surface area contributed by atoms with Crippen molar-refractivity contribution in [2.24, 2.45) is 7.05 Å². The van der Waals surface area contributed by atoms with E-state index in [1.165, 1.54) is 13.3 Å². The Morgan fingerprint density at radius 2 is 1.97 bits per heavy atom. The summed E-state index contributed by atoms with van der Waals surface area (Å²) in [7, 11) is 4.93. The first kappa shape index (κ1) is 20.6. The number of nitrogens with zero attached hydrogens (tertiary/aromatic N) is 5. The first-order valence-electron chi connectivity index (χ1n) is 10.1. The third-order valence-electron chi connectivity index (χ3n) is 5.22. The fraction of sp³-hybridized carbons (Fsp3) is 0.364. The zero-order valence-corrected chi connectivity index (χ0v) is 17.8. The molecule has 31 heavy (non-hydrogen) atoms. The van der Waals surface area contributed by atoms with Crippen LogP contribution in [0.3, 0.4) is 0 Å². The summed E-state index contributed by atoms with van der Waals surface area (Å²) < 4.78 is 18.0. The molecule has 0 radical (unpaired) electrons. The molecule has 1 atom stereocenters. The second kappa shape index (κ2) is 9.03. The highest BCUT2D eigenvalue weighted by Gasteiger charge is 2.28. The maximum absolute atomic E-state index is 13.2. The van der Waals surface area contributed by atoms with Gasteiger partial charge in [-0.2, -0.15) is 10.1 Å². The highest BCUT2D eigenvalue weighted by Crippen LogP contribution is 2.25. The number of aromatic nitrogens is 4. The number of carbonyl (C=O) groups is 1. The number of carbonyl (C=O) groups excluding carboxylic acids is 1. The molecular weight excluding hydrogens is 398 g/mol. The molecule has 0 bridgehead atoms. The van der Waals surface area contributed by atoms with Gasteiger partial charge in [0.05, 0.1) is 38.9 Å². The fourth-order valence-corrected chi connectivity index (χ4v) is 3.63. The average Bonchev–Trinajstić information content (AvgIpc) is 3.20. The molecule has 1 fully saturated rings. The van der Waals surface area contributed by atoms with E-state index in [2.05, 4.69) is 15.1 Å². The summed E-state index contributed by atoms with van der Waals surface area (Å²) >= 11 is 0. The van der Waals surface area contributed by atoms with Crippen LogP contribution in [0.4, 0.5) is 0 Å². The first-order valence-corrected chi connectivity index (χ1v) is 10.1. The molecule has 1 aliphatic rings. The number of benzene rings is 1. The second-order valence-electron chi connectivity index (χ2n) is 7.30. The Labute approximate surface area is 180 Å². The molecule has 4 rings (SSSR count). The van der Waals surface area contributed by atoms with Crippen molar-refractivity contribution in [2.75, 3.05) is 27.3 Å². The van der Waals surface area contributed by atoms with Gasteiger partial charge in [-0.25, -0.2) is 0 Å². The normalized spacial score (nSPS) is 16.1. The molecule has 1 saturated heterocycles. The van der Waals surface area contributed by atoms with Crippen molar-refractivity contribution in [3.05, 3.63) is 48.4 Å². The van der Waals surface area contributed by atoms with Crippen LogP contribution in [0.5, 0.6) is 17.5 Å². The topological polar surface area (TPSA) is 91.6 Å². The molecule has 0 saturated carbocycles. The SMILES string of the molecule is COc1cccc(-c2cc(C(=O)N3CCCC(Oc4cncc(OC)n4)C3)n(C)n2)c1. The maximum Gasteiger partial charge on any atom is 0.272 e. The molecule has 1 aliphatic heterocycles. The largest absolute Gasteiger partial charge is 0.497 e. The van der Waals surface area contributed by atoms with Gasteiger partial charge in [0.2, 0.25) is 11.8 Å². The number of methoxy groups -OCH3 is 2. The Hall–Kier alpha value is -3.62. The van der Waals surface area contributed by atoms with Crippen LogP contribution in [-0.4, -0.2) is 64.0 Å². The Morgan fingerprint density at radius 3 is 2.77 bits per heavy atom. The maximum atomic E-state index is 13.2. The Morgan fingerprint density at radius 1 is 1.13 bits per heavy atom. The number of aryl methyl sites for hydroxylation is 1. The summed E-state index contributed by atoms with van der Waals surface area (Å²) in [6.07, 6.45) is 4.58. The van der Waals surface area contributed by atoms with Crippen LogP contribution in [0.25, 0.3) is 11.3 Å². The van der Waals surface area contributed by atoms with Gasteiger partial charge in [0.1, 0.15) is 17.5 Å². The predicted molar refractivity (Wildman–Crippen MR) is 113 cm³/mol. The number of rotatable bonds is 6. The number of likely N-dealkylation sites (tertiary alicyclic amines) is 1. The predicted octanol–water partition coefficient (Wildman–Crippen LogP) is 2.58. The monoisotopic (exact) mass is 423 g/mol. The van der Waals surface area contributed by atoms with Crippen molar-refractivity contribution < 1.29 is 19.0 Å². The quantitative estimate of drug-likeness (QED) is 0.602. The van der Waals surface area contributed by atoms with Crippen LogP contribution in [0.2, 0.25) is 0 Å². The van der Waals surface area contributed by atoms with Gasteiger partial charge in [-0.1, -0.05) is 12.1 Å². The van der Waals surface area contributed by atoms with Gasteiger partial charge < -0.3 is 19.1 Å². The van der Waals surface area contributed by atoms with Crippen molar-refractivity contribution >= 4 is 5.91 Å². The zero-order valence-electron chi connectivity index (χ0n) is 17.8. The number of piperidine rings is 1. The van der Waals surface area contributed by atoms with E-state index >= 15 is 0 Å². The van der Waals surface area contributed by atoms with E-state index in [0.717, 1.165) is 29.8 Å². The number of amides is 1. The molecule has 3 aromatic rings. The van der Waals surface area contributed by atoms with E-state index < -0.39 is 0 Å². The third kappa shape index (κ3) is 4.60.